The van der Waals surface area contributed by atoms with Crippen LogP contribution in [-0.2, 0) is 17.8 Å². The number of pyridine rings is 1. The third kappa shape index (κ3) is 4.24. The topological polar surface area (TPSA) is 118 Å². The molecule has 0 aliphatic heterocycles. The van der Waals surface area contributed by atoms with Crippen molar-refractivity contribution in [1.29, 1.82) is 5.26 Å². The van der Waals surface area contributed by atoms with Crippen molar-refractivity contribution in [2.45, 2.75) is 13.0 Å². The minimum absolute atomic E-state index is 0.370. The van der Waals surface area contributed by atoms with Crippen molar-refractivity contribution in [3.05, 3.63) is 60.7 Å². The number of aromatic nitrogens is 1. The molecule has 23 heavy (non-hydrogen) atoms. The molecule has 0 aliphatic carbocycles. The summed E-state index contributed by atoms with van der Waals surface area (Å²) in [4.78, 5) is 35.0. The van der Waals surface area contributed by atoms with Gasteiger partial charge in [0.15, 0.2) is 0 Å². The molecule has 0 spiro atoms. The maximum Gasteiger partial charge on any atom is 0.287 e. The molecule has 0 atom stereocenters. The molecule has 2 rings (SSSR count). The minimum Gasteiger partial charge on any atom is -0.354 e. The summed E-state index contributed by atoms with van der Waals surface area (Å²) < 4.78 is 0.872. The van der Waals surface area contributed by atoms with E-state index < -0.39 is 22.1 Å². The Kier molecular flexibility index (Phi) is 5.22. The second kappa shape index (κ2) is 7.33. The predicted molar refractivity (Wildman–Crippen MR) is 83.1 cm³/mol. The Hall–Kier alpha value is -2.99. The van der Waals surface area contributed by atoms with Gasteiger partial charge >= 0.3 is 0 Å². The molecule has 0 saturated heterocycles. The van der Waals surface area contributed by atoms with Gasteiger partial charge in [0.1, 0.15) is 18.2 Å². The number of carbonyl (C=O) groups is 1. The first-order valence-electron chi connectivity index (χ1n) is 6.59. The van der Waals surface area contributed by atoms with Crippen LogP contribution in [-0.4, -0.2) is 21.9 Å². The van der Waals surface area contributed by atoms with Gasteiger partial charge in [-0.2, -0.15) is 5.26 Å². The summed E-state index contributed by atoms with van der Waals surface area (Å²) in [5.74, 6) is -0.451. The fraction of sp³-hybridized carbons (Fsp3) is 0.214. The summed E-state index contributed by atoms with van der Waals surface area (Å²) in [6.45, 7) is 0.0216. The zero-order valence-electron chi connectivity index (χ0n) is 11.9. The SMILES string of the molecule is N#Cc1cc([N+](=O)[O-])cn(CC(=O)NCCc2cccs2)c1=O. The summed E-state index contributed by atoms with van der Waals surface area (Å²) in [6, 6.07) is 6.35. The highest BCUT2D eigenvalue weighted by molar-refractivity contribution is 7.09. The van der Waals surface area contributed by atoms with Crippen LogP contribution in [0.4, 0.5) is 5.69 Å². The quantitative estimate of drug-likeness (QED) is 0.626. The van der Waals surface area contributed by atoms with Crippen molar-refractivity contribution in [1.82, 2.24) is 9.88 Å². The molecule has 1 N–H and O–H groups in total. The zero-order valence-corrected chi connectivity index (χ0v) is 12.7. The molecule has 0 aromatic carbocycles. The number of hydrogen-bond donors (Lipinski definition) is 1. The Labute approximate surface area is 134 Å². The molecule has 0 unspecified atom stereocenters. The van der Waals surface area contributed by atoms with Gasteiger partial charge in [0.2, 0.25) is 5.91 Å². The molecule has 0 saturated carbocycles. The normalized spacial score (nSPS) is 10.0. The summed E-state index contributed by atoms with van der Waals surface area (Å²) in [6.07, 6.45) is 1.62. The Morgan fingerprint density at radius 1 is 1.52 bits per heavy atom. The number of carbonyl (C=O) groups excluding carboxylic acids is 1. The Balaban J connectivity index is 2.05. The molecule has 0 radical (unpaired) electrons. The molecule has 1 amide bonds. The van der Waals surface area contributed by atoms with E-state index in [1.807, 2.05) is 17.5 Å². The number of nitrogens with one attached hydrogen (secondary N) is 1. The third-order valence-corrected chi connectivity index (χ3v) is 3.93. The van der Waals surface area contributed by atoms with Crippen LogP contribution in [0.15, 0.2) is 34.6 Å². The monoisotopic (exact) mass is 332 g/mol. The molecule has 9 heteroatoms. The zero-order chi connectivity index (χ0) is 16.8. The highest BCUT2D eigenvalue weighted by Gasteiger charge is 2.15. The summed E-state index contributed by atoms with van der Waals surface area (Å²) >= 11 is 1.57. The van der Waals surface area contributed by atoms with E-state index in [2.05, 4.69) is 5.32 Å². The lowest BCUT2D eigenvalue weighted by molar-refractivity contribution is -0.385. The number of nitro groups is 1. The first kappa shape index (κ1) is 16.4. The van der Waals surface area contributed by atoms with Crippen LogP contribution < -0.4 is 10.9 Å². The lowest BCUT2D eigenvalue weighted by Gasteiger charge is -2.07. The highest BCUT2D eigenvalue weighted by atomic mass is 32.1. The lowest BCUT2D eigenvalue weighted by Crippen LogP contribution is -2.34. The minimum atomic E-state index is -0.730. The van der Waals surface area contributed by atoms with E-state index in [9.17, 15) is 19.7 Å². The molecule has 2 aromatic rings. The second-order valence-electron chi connectivity index (χ2n) is 4.59. The van der Waals surface area contributed by atoms with Crippen LogP contribution in [0.2, 0.25) is 0 Å². The summed E-state index contributed by atoms with van der Waals surface area (Å²) in [5, 5.41) is 24.2. The van der Waals surface area contributed by atoms with Crippen LogP contribution in [0.5, 0.6) is 0 Å². The van der Waals surface area contributed by atoms with Crippen molar-refractivity contribution < 1.29 is 9.72 Å². The van der Waals surface area contributed by atoms with Crippen molar-refractivity contribution in [2.75, 3.05) is 6.54 Å². The van der Waals surface area contributed by atoms with E-state index in [-0.39, 0.29) is 12.1 Å². The van der Waals surface area contributed by atoms with Crippen LogP contribution in [0.1, 0.15) is 10.4 Å². The van der Waals surface area contributed by atoms with Crippen LogP contribution in [0, 0.1) is 21.4 Å². The molecule has 0 fully saturated rings. The molecule has 8 nitrogen and oxygen atoms in total. The van der Waals surface area contributed by atoms with Gasteiger partial charge in [-0.15, -0.1) is 11.3 Å². The van der Waals surface area contributed by atoms with Crippen LogP contribution in [0.3, 0.4) is 0 Å². The fourth-order valence-electron chi connectivity index (χ4n) is 1.91. The highest BCUT2D eigenvalue weighted by Crippen LogP contribution is 2.10. The first-order valence-corrected chi connectivity index (χ1v) is 7.47. The van der Waals surface area contributed by atoms with E-state index in [0.717, 1.165) is 21.7 Å². The van der Waals surface area contributed by atoms with Gasteiger partial charge in [-0.1, -0.05) is 6.07 Å². The predicted octanol–water partition coefficient (Wildman–Crippen LogP) is 1.05. The number of nitriles is 1. The molecule has 2 aromatic heterocycles. The fourth-order valence-corrected chi connectivity index (χ4v) is 2.62. The van der Waals surface area contributed by atoms with Gasteiger partial charge in [0.25, 0.3) is 11.2 Å². The van der Waals surface area contributed by atoms with E-state index >= 15 is 0 Å². The van der Waals surface area contributed by atoms with E-state index in [1.54, 1.807) is 17.4 Å². The molecular weight excluding hydrogens is 320 g/mol. The number of hydrogen-bond acceptors (Lipinski definition) is 6. The molecular formula is C14H12N4O4S. The smallest absolute Gasteiger partial charge is 0.287 e. The average Bonchev–Trinajstić information content (AvgIpc) is 3.02. The van der Waals surface area contributed by atoms with Crippen molar-refractivity contribution in [3.63, 3.8) is 0 Å². The molecule has 2 heterocycles. The van der Waals surface area contributed by atoms with Crippen LogP contribution in [0.25, 0.3) is 0 Å². The second-order valence-corrected chi connectivity index (χ2v) is 5.63. The van der Waals surface area contributed by atoms with Crippen molar-refractivity contribution in [2.24, 2.45) is 0 Å². The molecule has 0 bridgehead atoms. The number of thiophene rings is 1. The lowest BCUT2D eigenvalue weighted by atomic mass is 10.2. The Morgan fingerprint density at radius 3 is 2.91 bits per heavy atom. The van der Waals surface area contributed by atoms with Gasteiger partial charge in [-0.25, -0.2) is 0 Å². The standard InChI is InChI=1S/C14H12N4O4S/c15-7-10-6-11(18(21)22)8-17(14(10)20)9-13(19)16-4-3-12-2-1-5-23-12/h1-2,5-6,8H,3-4,9H2,(H,16,19). The van der Waals surface area contributed by atoms with Gasteiger partial charge < -0.3 is 5.32 Å². The van der Waals surface area contributed by atoms with Gasteiger partial charge in [-0.3, -0.25) is 24.3 Å². The largest absolute Gasteiger partial charge is 0.354 e. The first-order chi connectivity index (χ1) is 11.0. The van der Waals surface area contributed by atoms with Crippen LogP contribution >= 0.6 is 11.3 Å². The number of amides is 1. The maximum atomic E-state index is 11.9. The van der Waals surface area contributed by atoms with Crippen molar-refractivity contribution in [3.8, 4) is 6.07 Å². The number of nitrogens with zero attached hydrogens (tertiary/aromatic N) is 3. The van der Waals surface area contributed by atoms with E-state index in [1.165, 1.54) is 0 Å². The molecule has 0 aliphatic rings. The Bertz CT molecular complexity index is 820. The summed E-state index contributed by atoms with van der Waals surface area (Å²) in [5.41, 5.74) is -1.51. The van der Waals surface area contributed by atoms with Gasteiger partial charge in [0, 0.05) is 17.5 Å². The number of rotatable bonds is 6. The molecule has 118 valence electrons. The van der Waals surface area contributed by atoms with E-state index in [0.29, 0.717) is 13.0 Å². The van der Waals surface area contributed by atoms with Gasteiger partial charge in [0.05, 0.1) is 11.1 Å². The van der Waals surface area contributed by atoms with E-state index in [4.69, 9.17) is 5.26 Å². The average molecular weight is 332 g/mol. The van der Waals surface area contributed by atoms with Gasteiger partial charge in [-0.05, 0) is 17.9 Å². The Morgan fingerprint density at radius 2 is 2.30 bits per heavy atom. The van der Waals surface area contributed by atoms with Crippen molar-refractivity contribution >= 4 is 22.9 Å². The maximum absolute atomic E-state index is 11.9. The third-order valence-electron chi connectivity index (χ3n) is 2.99. The summed E-state index contributed by atoms with van der Waals surface area (Å²) in [7, 11) is 0.